The Balaban J connectivity index is 1.90. The average molecular weight is 317 g/mol. The van der Waals surface area contributed by atoms with Crippen LogP contribution in [0.5, 0.6) is 5.75 Å². The van der Waals surface area contributed by atoms with E-state index in [1.165, 1.54) is 0 Å². The van der Waals surface area contributed by atoms with Gasteiger partial charge in [-0.2, -0.15) is 0 Å². The standard InChI is InChI=1S/C17H23N3O3/c1-12(2)11-23-14-7-5-6-13(10-14)19-17(22)20-15-8-3-4-9-18-16(15)21/h5-7,10,15H,1,3-4,8-9,11H2,2H3,(H,18,21)(H2,19,20,22)/t15-/m1/s1. The number of ether oxygens (including phenoxy) is 1. The van der Waals surface area contributed by atoms with Gasteiger partial charge in [-0.1, -0.05) is 12.6 Å². The number of benzene rings is 1. The molecule has 0 bridgehead atoms. The predicted octanol–water partition coefficient (Wildman–Crippen LogP) is 2.43. The molecule has 1 saturated heterocycles. The van der Waals surface area contributed by atoms with Crippen LogP contribution in [0.4, 0.5) is 10.5 Å². The Hall–Kier alpha value is -2.50. The van der Waals surface area contributed by atoms with Crippen molar-refractivity contribution in [2.24, 2.45) is 0 Å². The summed E-state index contributed by atoms with van der Waals surface area (Å²) < 4.78 is 5.54. The number of hydrogen-bond acceptors (Lipinski definition) is 3. The van der Waals surface area contributed by atoms with E-state index in [0.29, 0.717) is 31.0 Å². The van der Waals surface area contributed by atoms with E-state index < -0.39 is 12.1 Å². The predicted molar refractivity (Wildman–Crippen MR) is 89.6 cm³/mol. The van der Waals surface area contributed by atoms with Gasteiger partial charge in [-0.25, -0.2) is 4.79 Å². The summed E-state index contributed by atoms with van der Waals surface area (Å²) in [6.45, 7) is 6.76. The Kier molecular flexibility index (Phi) is 6.02. The number of rotatable bonds is 5. The van der Waals surface area contributed by atoms with Gasteiger partial charge in [0.05, 0.1) is 0 Å². The van der Waals surface area contributed by atoms with Gasteiger partial charge in [0.25, 0.3) is 0 Å². The zero-order valence-corrected chi connectivity index (χ0v) is 13.4. The van der Waals surface area contributed by atoms with Gasteiger partial charge < -0.3 is 20.7 Å². The topological polar surface area (TPSA) is 79.5 Å². The van der Waals surface area contributed by atoms with Crippen LogP contribution < -0.4 is 20.7 Å². The summed E-state index contributed by atoms with van der Waals surface area (Å²) in [5.74, 6) is 0.522. The molecule has 124 valence electrons. The lowest BCUT2D eigenvalue weighted by atomic mass is 10.1. The van der Waals surface area contributed by atoms with Crippen molar-refractivity contribution >= 4 is 17.6 Å². The fraction of sp³-hybridized carbons (Fsp3) is 0.412. The van der Waals surface area contributed by atoms with E-state index in [1.807, 2.05) is 13.0 Å². The van der Waals surface area contributed by atoms with Crippen molar-refractivity contribution < 1.29 is 14.3 Å². The molecular weight excluding hydrogens is 294 g/mol. The summed E-state index contributed by atoms with van der Waals surface area (Å²) in [5, 5.41) is 8.23. The van der Waals surface area contributed by atoms with Crippen molar-refractivity contribution in [2.45, 2.75) is 32.2 Å². The molecule has 1 atom stereocenters. The van der Waals surface area contributed by atoms with Gasteiger partial charge >= 0.3 is 6.03 Å². The van der Waals surface area contributed by atoms with Gasteiger partial charge in [-0.3, -0.25) is 4.79 Å². The van der Waals surface area contributed by atoms with Crippen molar-refractivity contribution in [3.05, 3.63) is 36.4 Å². The van der Waals surface area contributed by atoms with E-state index in [2.05, 4.69) is 22.5 Å². The monoisotopic (exact) mass is 317 g/mol. The molecule has 3 amide bonds. The second-order valence-electron chi connectivity index (χ2n) is 5.71. The van der Waals surface area contributed by atoms with Crippen LogP contribution in [-0.4, -0.2) is 31.1 Å². The molecule has 0 radical (unpaired) electrons. The number of urea groups is 1. The number of anilines is 1. The van der Waals surface area contributed by atoms with Crippen LogP contribution >= 0.6 is 0 Å². The van der Waals surface area contributed by atoms with Gasteiger partial charge in [0, 0.05) is 18.3 Å². The Morgan fingerprint density at radius 2 is 2.26 bits per heavy atom. The molecule has 0 saturated carbocycles. The van der Waals surface area contributed by atoms with Crippen molar-refractivity contribution in [1.29, 1.82) is 0 Å². The quantitative estimate of drug-likeness (QED) is 0.730. The smallest absolute Gasteiger partial charge is 0.319 e. The van der Waals surface area contributed by atoms with Crippen LogP contribution in [0.15, 0.2) is 36.4 Å². The minimum absolute atomic E-state index is 0.129. The van der Waals surface area contributed by atoms with E-state index in [1.54, 1.807) is 18.2 Å². The second kappa shape index (κ2) is 8.22. The summed E-state index contributed by atoms with van der Waals surface area (Å²) in [7, 11) is 0. The third-order valence-corrected chi connectivity index (χ3v) is 3.42. The fourth-order valence-corrected chi connectivity index (χ4v) is 2.27. The lowest BCUT2D eigenvalue weighted by Crippen LogP contribution is -2.46. The normalized spacial score (nSPS) is 17.6. The maximum Gasteiger partial charge on any atom is 0.319 e. The van der Waals surface area contributed by atoms with Crippen LogP contribution in [0.3, 0.4) is 0 Å². The minimum Gasteiger partial charge on any atom is -0.489 e. The highest BCUT2D eigenvalue weighted by Gasteiger charge is 2.22. The molecule has 1 aromatic rings. The van der Waals surface area contributed by atoms with Gasteiger partial charge in [-0.05, 0) is 43.9 Å². The Bertz CT molecular complexity index is 586. The first-order chi connectivity index (χ1) is 11.0. The van der Waals surface area contributed by atoms with Crippen LogP contribution in [-0.2, 0) is 4.79 Å². The van der Waals surface area contributed by atoms with Crippen LogP contribution in [0.2, 0.25) is 0 Å². The highest BCUT2D eigenvalue weighted by Crippen LogP contribution is 2.18. The van der Waals surface area contributed by atoms with Crippen LogP contribution in [0, 0.1) is 0 Å². The number of amides is 3. The summed E-state index contributed by atoms with van der Waals surface area (Å²) in [6.07, 6.45) is 2.50. The first-order valence-corrected chi connectivity index (χ1v) is 7.77. The highest BCUT2D eigenvalue weighted by atomic mass is 16.5. The molecule has 1 aromatic carbocycles. The molecule has 1 fully saturated rings. The molecule has 0 unspecified atom stereocenters. The molecule has 0 aliphatic carbocycles. The van der Waals surface area contributed by atoms with Crippen molar-refractivity contribution in [3.8, 4) is 5.75 Å². The molecule has 3 N–H and O–H groups in total. The number of hydrogen-bond donors (Lipinski definition) is 3. The number of carbonyl (C=O) groups is 2. The zero-order chi connectivity index (χ0) is 16.7. The molecule has 6 heteroatoms. The third-order valence-electron chi connectivity index (χ3n) is 3.42. The van der Waals surface area contributed by atoms with E-state index in [0.717, 1.165) is 18.4 Å². The summed E-state index contributed by atoms with van der Waals surface area (Å²) in [6, 6.07) is 6.21. The number of nitrogens with one attached hydrogen (secondary N) is 3. The highest BCUT2D eigenvalue weighted by molar-refractivity contribution is 5.93. The van der Waals surface area contributed by atoms with E-state index in [-0.39, 0.29) is 5.91 Å². The van der Waals surface area contributed by atoms with Gasteiger partial charge in [-0.15, -0.1) is 0 Å². The summed E-state index contributed by atoms with van der Waals surface area (Å²) >= 11 is 0. The lowest BCUT2D eigenvalue weighted by Gasteiger charge is -2.16. The Labute approximate surface area is 136 Å². The molecule has 2 rings (SSSR count). The lowest BCUT2D eigenvalue weighted by molar-refractivity contribution is -0.122. The van der Waals surface area contributed by atoms with Crippen LogP contribution in [0.1, 0.15) is 26.2 Å². The third kappa shape index (κ3) is 5.65. The molecule has 0 aromatic heterocycles. The molecule has 1 heterocycles. The molecule has 23 heavy (non-hydrogen) atoms. The van der Waals surface area contributed by atoms with Crippen molar-refractivity contribution in [1.82, 2.24) is 10.6 Å². The maximum atomic E-state index is 12.1. The zero-order valence-electron chi connectivity index (χ0n) is 13.4. The van der Waals surface area contributed by atoms with Crippen molar-refractivity contribution in [3.63, 3.8) is 0 Å². The van der Waals surface area contributed by atoms with E-state index >= 15 is 0 Å². The molecule has 0 spiro atoms. The first kappa shape index (κ1) is 16.9. The van der Waals surface area contributed by atoms with Crippen molar-refractivity contribution in [2.75, 3.05) is 18.5 Å². The van der Waals surface area contributed by atoms with Gasteiger partial charge in [0.1, 0.15) is 18.4 Å². The largest absolute Gasteiger partial charge is 0.489 e. The maximum absolute atomic E-state index is 12.1. The summed E-state index contributed by atoms with van der Waals surface area (Å²) in [5.41, 5.74) is 1.52. The Morgan fingerprint density at radius 1 is 1.43 bits per heavy atom. The minimum atomic E-state index is -0.486. The molecule has 1 aliphatic rings. The summed E-state index contributed by atoms with van der Waals surface area (Å²) in [4.78, 5) is 23.9. The second-order valence-corrected chi connectivity index (χ2v) is 5.71. The molecule has 6 nitrogen and oxygen atoms in total. The number of carbonyl (C=O) groups excluding carboxylic acids is 2. The SMILES string of the molecule is C=C(C)COc1cccc(NC(=O)N[C@@H]2CCCCNC2=O)c1. The average Bonchev–Trinajstić information content (AvgIpc) is 2.70. The van der Waals surface area contributed by atoms with E-state index in [4.69, 9.17) is 4.74 Å². The van der Waals surface area contributed by atoms with Gasteiger partial charge in [0.2, 0.25) is 5.91 Å². The molecular formula is C17H23N3O3. The van der Waals surface area contributed by atoms with Gasteiger partial charge in [0.15, 0.2) is 0 Å². The molecule has 1 aliphatic heterocycles. The van der Waals surface area contributed by atoms with E-state index in [9.17, 15) is 9.59 Å². The van der Waals surface area contributed by atoms with Crippen LogP contribution in [0.25, 0.3) is 0 Å². The fourth-order valence-electron chi connectivity index (χ4n) is 2.27. The first-order valence-electron chi connectivity index (χ1n) is 7.77. The Morgan fingerprint density at radius 3 is 3.04 bits per heavy atom.